The second-order valence-corrected chi connectivity index (χ2v) is 17.6. The zero-order chi connectivity index (χ0) is 47.2. The minimum Gasteiger partial charge on any atom is -0.315 e. The van der Waals surface area contributed by atoms with Crippen molar-refractivity contribution in [2.24, 2.45) is 0 Å². The van der Waals surface area contributed by atoms with E-state index in [0.717, 1.165) is 68.3 Å². The van der Waals surface area contributed by atoms with Crippen molar-refractivity contribution in [2.75, 3.05) is 19.6 Å². The number of hydrogen-bond donors (Lipinski definition) is 0. The van der Waals surface area contributed by atoms with Gasteiger partial charge in [-0.2, -0.15) is 0 Å². The first-order chi connectivity index (χ1) is 34.5. The molecule has 0 amide bonds. The van der Waals surface area contributed by atoms with Gasteiger partial charge in [0.25, 0.3) is 0 Å². The van der Waals surface area contributed by atoms with Gasteiger partial charge in [-0.25, -0.2) is 0 Å². The van der Waals surface area contributed by atoms with E-state index in [1.807, 2.05) is 0 Å². The van der Waals surface area contributed by atoms with Crippen molar-refractivity contribution in [3.05, 3.63) is 290 Å². The van der Waals surface area contributed by atoms with Crippen LogP contribution in [0.4, 0.5) is 56.9 Å². The molecular weight excluding hydrogens is 849 g/mol. The van der Waals surface area contributed by atoms with Crippen LogP contribution in [0.3, 0.4) is 0 Å². The van der Waals surface area contributed by atoms with Crippen LogP contribution in [0.1, 0.15) is 13.8 Å². The maximum Gasteiger partial charge on any atom is 0.0468 e. The first-order valence-corrected chi connectivity index (χ1v) is 23.9. The lowest BCUT2D eigenvalue weighted by atomic mass is 10.1. The van der Waals surface area contributed by atoms with Gasteiger partial charge in [-0.1, -0.05) is 146 Å². The molecule has 336 valence electrons. The monoisotopic (exact) mass is 900 g/mol. The van der Waals surface area contributed by atoms with E-state index >= 15 is 0 Å². The average Bonchev–Trinajstić information content (AvgIpc) is 3.42. The van der Waals surface area contributed by atoms with Gasteiger partial charge in [0.15, 0.2) is 0 Å². The van der Waals surface area contributed by atoms with Gasteiger partial charge in [0.1, 0.15) is 0 Å². The van der Waals surface area contributed by atoms with E-state index in [2.05, 4.69) is 313 Å². The Hall–Kier alpha value is -9.12. The van der Waals surface area contributed by atoms with Gasteiger partial charge in [0.05, 0.1) is 0 Å². The molecule has 0 saturated carbocycles. The zero-order valence-corrected chi connectivity index (χ0v) is 39.3. The van der Waals surface area contributed by atoms with Gasteiger partial charge >= 0.3 is 0 Å². The molecule has 0 unspecified atom stereocenters. The minimum atomic E-state index is 1.05. The Morgan fingerprint density at radius 3 is 0.857 bits per heavy atom. The van der Waals surface area contributed by atoms with Crippen LogP contribution in [0.25, 0.3) is 32.3 Å². The molecule has 0 spiro atoms. The molecule has 0 bridgehead atoms. The summed E-state index contributed by atoms with van der Waals surface area (Å²) in [6, 6.07) is 95.5. The Bertz CT molecular complexity index is 3460. The van der Waals surface area contributed by atoms with Gasteiger partial charge in [-0.05, 0) is 180 Å². The highest BCUT2D eigenvalue weighted by Crippen LogP contribution is 2.41. The van der Waals surface area contributed by atoms with E-state index < -0.39 is 0 Å². The molecule has 0 N–H and O–H groups in total. The summed E-state index contributed by atoms with van der Waals surface area (Å²) in [5.41, 5.74) is 13.0. The number of fused-ring (bicyclic) bond motifs is 3. The SMILES string of the molecule is C/C(=C\C=C(/C)N(c1ccccc1)c1ccc2ccccc2c1)N(c1ccc(N(c2ccccc2)c2ccc3ccccc3c2)cc1)c1ccc(N(c2ccccc2)c2ccc3ccccc3c2)cc1. The van der Waals surface area contributed by atoms with Crippen LogP contribution in [0.5, 0.6) is 0 Å². The highest BCUT2D eigenvalue weighted by atomic mass is 15.2. The number of para-hydroxylation sites is 3. The van der Waals surface area contributed by atoms with E-state index in [1.54, 1.807) is 0 Å². The van der Waals surface area contributed by atoms with Crippen molar-refractivity contribution in [3.8, 4) is 0 Å². The van der Waals surface area contributed by atoms with Gasteiger partial charge in [0, 0.05) is 68.3 Å². The summed E-state index contributed by atoms with van der Waals surface area (Å²) in [7, 11) is 0. The molecule has 70 heavy (non-hydrogen) atoms. The maximum atomic E-state index is 2.35. The number of anilines is 10. The second kappa shape index (κ2) is 19.6. The molecular formula is C66H52N4. The normalized spacial score (nSPS) is 11.7. The van der Waals surface area contributed by atoms with Crippen molar-refractivity contribution in [1.29, 1.82) is 0 Å². The fourth-order valence-electron chi connectivity index (χ4n) is 9.58. The Labute approximate surface area is 411 Å². The molecule has 11 aromatic carbocycles. The van der Waals surface area contributed by atoms with Crippen LogP contribution in [0.2, 0.25) is 0 Å². The molecule has 11 rings (SSSR count). The number of benzene rings is 11. The van der Waals surface area contributed by atoms with Gasteiger partial charge in [-0.15, -0.1) is 0 Å². The highest BCUT2D eigenvalue weighted by molar-refractivity contribution is 5.92. The summed E-state index contributed by atoms with van der Waals surface area (Å²) < 4.78 is 0. The quantitative estimate of drug-likeness (QED) is 0.107. The summed E-state index contributed by atoms with van der Waals surface area (Å²) in [4.78, 5) is 9.35. The number of rotatable bonds is 13. The van der Waals surface area contributed by atoms with E-state index in [0.29, 0.717) is 0 Å². The lowest BCUT2D eigenvalue weighted by molar-refractivity contribution is 1.13. The minimum absolute atomic E-state index is 1.05. The number of nitrogens with zero attached hydrogens (tertiary/aromatic N) is 4. The van der Waals surface area contributed by atoms with Gasteiger partial charge < -0.3 is 19.6 Å². The van der Waals surface area contributed by atoms with Crippen LogP contribution in [-0.4, -0.2) is 0 Å². The summed E-state index contributed by atoms with van der Waals surface area (Å²) in [6.45, 7) is 4.39. The Morgan fingerprint density at radius 1 is 0.229 bits per heavy atom. The van der Waals surface area contributed by atoms with Crippen molar-refractivity contribution < 1.29 is 0 Å². The molecule has 11 aromatic rings. The summed E-state index contributed by atoms with van der Waals surface area (Å²) in [5, 5.41) is 7.27. The Balaban J connectivity index is 1.01. The van der Waals surface area contributed by atoms with Crippen molar-refractivity contribution >= 4 is 89.2 Å². The second-order valence-electron chi connectivity index (χ2n) is 17.6. The largest absolute Gasteiger partial charge is 0.315 e. The zero-order valence-electron chi connectivity index (χ0n) is 39.3. The predicted molar refractivity (Wildman–Crippen MR) is 299 cm³/mol. The molecule has 0 aliphatic carbocycles. The third-order valence-corrected chi connectivity index (χ3v) is 13.0. The summed E-state index contributed by atoms with van der Waals surface area (Å²) in [5.74, 6) is 0. The third-order valence-electron chi connectivity index (χ3n) is 13.0. The molecule has 0 fully saturated rings. The fourth-order valence-corrected chi connectivity index (χ4v) is 9.58. The van der Waals surface area contributed by atoms with E-state index in [1.165, 1.54) is 32.3 Å². The van der Waals surface area contributed by atoms with Crippen LogP contribution >= 0.6 is 0 Å². The molecule has 0 atom stereocenters. The molecule has 0 aromatic heterocycles. The molecule has 0 radical (unpaired) electrons. The van der Waals surface area contributed by atoms with Crippen molar-refractivity contribution in [3.63, 3.8) is 0 Å². The first kappa shape index (κ1) is 43.5. The first-order valence-electron chi connectivity index (χ1n) is 23.9. The number of hydrogen-bond acceptors (Lipinski definition) is 4. The Kier molecular flexibility index (Phi) is 12.2. The topological polar surface area (TPSA) is 13.0 Å². The maximum absolute atomic E-state index is 2.35. The molecule has 0 aliphatic heterocycles. The predicted octanol–water partition coefficient (Wildman–Crippen LogP) is 18.9. The Morgan fingerprint density at radius 2 is 0.471 bits per heavy atom. The molecule has 4 heteroatoms. The van der Waals surface area contributed by atoms with Crippen LogP contribution < -0.4 is 19.6 Å². The van der Waals surface area contributed by atoms with Crippen LogP contribution in [0.15, 0.2) is 290 Å². The highest BCUT2D eigenvalue weighted by Gasteiger charge is 2.19. The van der Waals surface area contributed by atoms with E-state index in [-0.39, 0.29) is 0 Å². The van der Waals surface area contributed by atoms with Crippen LogP contribution in [-0.2, 0) is 0 Å². The lowest BCUT2D eigenvalue weighted by Gasteiger charge is -2.30. The molecule has 0 saturated heterocycles. The lowest BCUT2D eigenvalue weighted by Crippen LogP contribution is -2.16. The van der Waals surface area contributed by atoms with Crippen molar-refractivity contribution in [1.82, 2.24) is 0 Å². The van der Waals surface area contributed by atoms with E-state index in [9.17, 15) is 0 Å². The standard InChI is InChI=1S/C66H52N4/c1-49(30-31-50(2)68(57-24-6-3-7-25-57)64-35-32-51-18-12-15-21-54(51)46-64)67(60-38-42-62(43-39-60)69(58-26-8-4-9-27-58)65-36-33-52-19-13-16-22-55(52)47-65)61-40-44-63(45-41-61)70(59-28-10-5-11-29-59)66-37-34-53-20-14-17-23-56(53)48-66/h3-48H,1-2H3/b49-30+,50-31+. The number of allylic oxidation sites excluding steroid dienone is 4. The van der Waals surface area contributed by atoms with Crippen LogP contribution in [0, 0.1) is 0 Å². The fraction of sp³-hybridized carbons (Fsp3) is 0.0303. The summed E-state index contributed by atoms with van der Waals surface area (Å²) >= 11 is 0. The molecule has 4 nitrogen and oxygen atoms in total. The third kappa shape index (κ3) is 9.02. The van der Waals surface area contributed by atoms with Crippen molar-refractivity contribution in [2.45, 2.75) is 13.8 Å². The molecule has 0 aliphatic rings. The molecule has 0 heterocycles. The smallest absolute Gasteiger partial charge is 0.0468 e. The average molecular weight is 901 g/mol. The summed E-state index contributed by atoms with van der Waals surface area (Å²) in [6.07, 6.45) is 4.48. The van der Waals surface area contributed by atoms with E-state index in [4.69, 9.17) is 0 Å². The van der Waals surface area contributed by atoms with Gasteiger partial charge in [-0.3, -0.25) is 0 Å². The van der Waals surface area contributed by atoms with Gasteiger partial charge in [0.2, 0.25) is 0 Å².